The van der Waals surface area contributed by atoms with Crippen molar-refractivity contribution < 1.29 is 13.2 Å². The van der Waals surface area contributed by atoms with Gasteiger partial charge in [0.2, 0.25) is 10.0 Å². The zero-order chi connectivity index (χ0) is 18.0. The molecule has 0 saturated carbocycles. The van der Waals surface area contributed by atoms with Crippen LogP contribution in [-0.4, -0.2) is 49.7 Å². The number of sulfonamides is 1. The lowest BCUT2D eigenvalue weighted by atomic mass is 9.91. The van der Waals surface area contributed by atoms with E-state index in [1.165, 1.54) is 0 Å². The van der Waals surface area contributed by atoms with Crippen LogP contribution in [0.1, 0.15) is 49.9 Å². The van der Waals surface area contributed by atoms with Crippen LogP contribution >= 0.6 is 0 Å². The average Bonchev–Trinajstić information content (AvgIpc) is 2.61. The molecule has 1 aromatic carbocycles. The van der Waals surface area contributed by atoms with Gasteiger partial charge in [-0.3, -0.25) is 4.79 Å². The third-order valence-corrected chi connectivity index (χ3v) is 7.08. The van der Waals surface area contributed by atoms with E-state index in [4.69, 9.17) is 0 Å². The summed E-state index contributed by atoms with van der Waals surface area (Å²) in [5, 5.41) is 0. The van der Waals surface area contributed by atoms with E-state index in [0.717, 1.165) is 38.8 Å². The van der Waals surface area contributed by atoms with Crippen molar-refractivity contribution in [3.63, 3.8) is 0 Å². The van der Waals surface area contributed by atoms with E-state index in [0.29, 0.717) is 30.5 Å². The molecule has 2 heterocycles. The predicted octanol–water partition coefficient (Wildman–Crippen LogP) is 2.98. The van der Waals surface area contributed by atoms with Crippen LogP contribution in [0.5, 0.6) is 0 Å². The molecule has 2 atom stereocenters. The molecule has 0 N–H and O–H groups in total. The minimum absolute atomic E-state index is 0.0610. The first-order chi connectivity index (χ1) is 11.9. The molecule has 0 bridgehead atoms. The Morgan fingerprint density at radius 2 is 1.68 bits per heavy atom. The summed E-state index contributed by atoms with van der Waals surface area (Å²) < 4.78 is 27.2. The molecule has 5 nitrogen and oxygen atoms in total. The Morgan fingerprint density at radius 3 is 2.32 bits per heavy atom. The van der Waals surface area contributed by atoms with E-state index in [-0.39, 0.29) is 10.8 Å². The topological polar surface area (TPSA) is 57.7 Å². The molecule has 2 fully saturated rings. The van der Waals surface area contributed by atoms with Crippen LogP contribution in [-0.2, 0) is 10.0 Å². The van der Waals surface area contributed by atoms with Gasteiger partial charge in [-0.15, -0.1) is 0 Å². The summed E-state index contributed by atoms with van der Waals surface area (Å²) in [7, 11) is -3.51. The summed E-state index contributed by atoms with van der Waals surface area (Å²) in [6.45, 7) is 6.95. The fourth-order valence-electron chi connectivity index (χ4n) is 4.06. The first-order valence-electron chi connectivity index (χ1n) is 9.27. The molecule has 3 rings (SSSR count). The molecule has 0 radical (unpaired) electrons. The molecule has 2 unspecified atom stereocenters. The molecule has 1 amide bonds. The van der Waals surface area contributed by atoms with E-state index in [1.807, 2.05) is 4.90 Å². The number of rotatable bonds is 3. The Balaban J connectivity index is 1.82. The standard InChI is InChI=1S/C19H28N2O3S/c1-15-11-16(2)14-20(13-15)19(22)17-7-6-8-18(12-17)25(23,24)21-9-4-3-5-10-21/h6-8,12,15-16H,3-5,9-11,13-14H2,1-2H3. The van der Waals surface area contributed by atoms with Crippen molar-refractivity contribution in [3.8, 4) is 0 Å². The molecular weight excluding hydrogens is 336 g/mol. The Labute approximate surface area is 151 Å². The second-order valence-electron chi connectivity index (χ2n) is 7.65. The van der Waals surface area contributed by atoms with Crippen molar-refractivity contribution in [1.82, 2.24) is 9.21 Å². The molecule has 2 aliphatic heterocycles. The van der Waals surface area contributed by atoms with Crippen molar-refractivity contribution in [2.45, 2.75) is 44.4 Å². The number of carbonyl (C=O) groups excluding carboxylic acids is 1. The molecule has 138 valence electrons. The largest absolute Gasteiger partial charge is 0.338 e. The lowest BCUT2D eigenvalue weighted by molar-refractivity contribution is 0.0623. The zero-order valence-corrected chi connectivity index (χ0v) is 16.0. The van der Waals surface area contributed by atoms with Gasteiger partial charge >= 0.3 is 0 Å². The summed E-state index contributed by atoms with van der Waals surface area (Å²) in [6, 6.07) is 6.56. The fraction of sp³-hybridized carbons (Fsp3) is 0.632. The number of carbonyl (C=O) groups is 1. The number of amides is 1. The molecule has 6 heteroatoms. The van der Waals surface area contributed by atoms with Gasteiger partial charge in [0.15, 0.2) is 0 Å². The second-order valence-corrected chi connectivity index (χ2v) is 9.59. The minimum atomic E-state index is -3.51. The van der Waals surface area contributed by atoms with E-state index < -0.39 is 10.0 Å². The maximum Gasteiger partial charge on any atom is 0.253 e. The summed E-state index contributed by atoms with van der Waals surface area (Å²) in [6.07, 6.45) is 4.02. The van der Waals surface area contributed by atoms with Crippen LogP contribution in [0.15, 0.2) is 29.2 Å². The van der Waals surface area contributed by atoms with Gasteiger partial charge in [0, 0.05) is 31.7 Å². The highest BCUT2D eigenvalue weighted by molar-refractivity contribution is 7.89. The van der Waals surface area contributed by atoms with E-state index in [9.17, 15) is 13.2 Å². The summed E-state index contributed by atoms with van der Waals surface area (Å²) in [5.41, 5.74) is 0.472. The third-order valence-electron chi connectivity index (χ3n) is 5.19. The van der Waals surface area contributed by atoms with Gasteiger partial charge in [-0.2, -0.15) is 4.31 Å². The highest BCUT2D eigenvalue weighted by Gasteiger charge is 2.29. The smallest absolute Gasteiger partial charge is 0.253 e. The first kappa shape index (κ1) is 18.4. The third kappa shape index (κ3) is 4.06. The highest BCUT2D eigenvalue weighted by Crippen LogP contribution is 2.25. The zero-order valence-electron chi connectivity index (χ0n) is 15.1. The predicted molar refractivity (Wildman–Crippen MR) is 97.9 cm³/mol. The Morgan fingerprint density at radius 1 is 1.04 bits per heavy atom. The van der Waals surface area contributed by atoms with Gasteiger partial charge in [-0.25, -0.2) is 8.42 Å². The van der Waals surface area contributed by atoms with Gasteiger partial charge in [0.05, 0.1) is 4.90 Å². The lowest BCUT2D eigenvalue weighted by Crippen LogP contribution is -2.42. The number of nitrogens with zero attached hydrogens (tertiary/aromatic N) is 2. The maximum atomic E-state index is 12.9. The monoisotopic (exact) mass is 364 g/mol. The van der Waals surface area contributed by atoms with Crippen LogP contribution in [0.25, 0.3) is 0 Å². The molecule has 25 heavy (non-hydrogen) atoms. The quantitative estimate of drug-likeness (QED) is 0.828. The van der Waals surface area contributed by atoms with E-state index in [1.54, 1.807) is 28.6 Å². The number of hydrogen-bond donors (Lipinski definition) is 0. The summed E-state index contributed by atoms with van der Waals surface area (Å²) in [5.74, 6) is 0.898. The number of hydrogen-bond acceptors (Lipinski definition) is 3. The fourth-order valence-corrected chi connectivity index (χ4v) is 5.62. The van der Waals surface area contributed by atoms with Crippen molar-refractivity contribution >= 4 is 15.9 Å². The number of likely N-dealkylation sites (tertiary alicyclic amines) is 1. The molecule has 2 saturated heterocycles. The van der Waals surface area contributed by atoms with Crippen molar-refractivity contribution in [2.24, 2.45) is 11.8 Å². The van der Waals surface area contributed by atoms with Crippen LogP contribution in [0, 0.1) is 11.8 Å². The Bertz CT molecular complexity index is 716. The Hall–Kier alpha value is -1.40. The van der Waals surface area contributed by atoms with Crippen LogP contribution in [0.2, 0.25) is 0 Å². The van der Waals surface area contributed by atoms with E-state index in [2.05, 4.69) is 13.8 Å². The van der Waals surface area contributed by atoms with Gasteiger partial charge in [0.25, 0.3) is 5.91 Å². The normalized spacial score (nSPS) is 25.8. The van der Waals surface area contributed by atoms with Gasteiger partial charge in [-0.1, -0.05) is 26.3 Å². The minimum Gasteiger partial charge on any atom is -0.338 e. The van der Waals surface area contributed by atoms with Crippen LogP contribution < -0.4 is 0 Å². The van der Waals surface area contributed by atoms with E-state index >= 15 is 0 Å². The van der Waals surface area contributed by atoms with Crippen molar-refractivity contribution in [2.75, 3.05) is 26.2 Å². The van der Waals surface area contributed by atoms with Crippen LogP contribution in [0.3, 0.4) is 0 Å². The van der Waals surface area contributed by atoms with Gasteiger partial charge in [-0.05, 0) is 49.3 Å². The second kappa shape index (κ2) is 7.46. The maximum absolute atomic E-state index is 12.9. The Kier molecular flexibility index (Phi) is 5.49. The SMILES string of the molecule is CC1CC(C)CN(C(=O)c2cccc(S(=O)(=O)N3CCCCC3)c2)C1. The lowest BCUT2D eigenvalue weighted by Gasteiger charge is -2.35. The van der Waals surface area contributed by atoms with Crippen LogP contribution in [0.4, 0.5) is 0 Å². The molecule has 0 aromatic heterocycles. The highest BCUT2D eigenvalue weighted by atomic mass is 32.2. The van der Waals surface area contributed by atoms with Crippen molar-refractivity contribution in [1.29, 1.82) is 0 Å². The molecule has 0 aliphatic carbocycles. The van der Waals surface area contributed by atoms with Gasteiger partial charge < -0.3 is 4.90 Å². The average molecular weight is 365 g/mol. The van der Waals surface area contributed by atoms with Gasteiger partial charge in [0.1, 0.15) is 0 Å². The summed E-state index contributed by atoms with van der Waals surface area (Å²) in [4.78, 5) is 15.0. The van der Waals surface area contributed by atoms with Crippen molar-refractivity contribution in [3.05, 3.63) is 29.8 Å². The molecule has 0 spiro atoms. The number of piperidine rings is 2. The molecule has 1 aromatic rings. The number of benzene rings is 1. The molecular formula is C19H28N2O3S. The first-order valence-corrected chi connectivity index (χ1v) is 10.7. The molecule has 2 aliphatic rings. The summed E-state index contributed by atoms with van der Waals surface area (Å²) >= 11 is 0.